The maximum absolute atomic E-state index is 11.3. The molecular weight excluding hydrogens is 344 g/mol. The van der Waals surface area contributed by atoms with Crippen LogP contribution < -0.4 is 0 Å². The average Bonchev–Trinajstić information content (AvgIpc) is 3.06. The average molecular weight is 357 g/mol. The molecule has 1 N–H and O–H groups in total. The lowest BCUT2D eigenvalue weighted by Gasteiger charge is -2.09. The highest BCUT2D eigenvalue weighted by Gasteiger charge is 2.41. The summed E-state index contributed by atoms with van der Waals surface area (Å²) in [5, 5.41) is 13.3. The molecule has 0 radical (unpaired) electrons. The van der Waals surface area contributed by atoms with E-state index in [2.05, 4.69) is 33.0 Å². The molecule has 0 saturated heterocycles. The van der Waals surface area contributed by atoms with E-state index in [0.29, 0.717) is 24.1 Å². The fourth-order valence-electron chi connectivity index (χ4n) is 2.76. The number of rotatable bonds is 3. The summed E-state index contributed by atoms with van der Waals surface area (Å²) in [4.78, 5) is 16.6. The van der Waals surface area contributed by atoms with Crippen molar-refractivity contribution in [2.45, 2.75) is 25.7 Å². The van der Waals surface area contributed by atoms with E-state index in [1.807, 2.05) is 12.1 Å². The smallest absolute Gasteiger partial charge is 0.307 e. The van der Waals surface area contributed by atoms with Gasteiger partial charge in [-0.15, -0.1) is 11.3 Å². The van der Waals surface area contributed by atoms with E-state index >= 15 is 0 Å². The summed E-state index contributed by atoms with van der Waals surface area (Å²) >= 11 is 4.91. The van der Waals surface area contributed by atoms with Crippen LogP contribution in [0.3, 0.4) is 0 Å². The third-order valence-corrected chi connectivity index (χ3v) is 5.29. The van der Waals surface area contributed by atoms with Gasteiger partial charge in [0.05, 0.1) is 20.5 Å². The molecule has 106 valence electrons. The van der Waals surface area contributed by atoms with Gasteiger partial charge in [-0.1, -0.05) is 12.1 Å². The van der Waals surface area contributed by atoms with E-state index in [4.69, 9.17) is 4.52 Å². The van der Waals surface area contributed by atoms with Gasteiger partial charge in [-0.05, 0) is 46.8 Å². The molecule has 1 aliphatic carbocycles. The molecule has 1 aliphatic rings. The highest BCUT2D eigenvalue weighted by Crippen LogP contribution is 2.43. The van der Waals surface area contributed by atoms with Crippen molar-refractivity contribution in [1.29, 1.82) is 0 Å². The summed E-state index contributed by atoms with van der Waals surface area (Å²) in [7, 11) is 0. The summed E-state index contributed by atoms with van der Waals surface area (Å²) < 4.78 is 6.30. The molecule has 1 saturated carbocycles. The Morgan fingerprint density at radius 3 is 2.95 bits per heavy atom. The third-order valence-electron chi connectivity index (χ3n) is 3.67. The zero-order valence-corrected chi connectivity index (χ0v) is 13.1. The van der Waals surface area contributed by atoms with Gasteiger partial charge in [-0.3, -0.25) is 4.79 Å². The van der Waals surface area contributed by atoms with Crippen LogP contribution in [0.4, 0.5) is 0 Å². The molecule has 1 fully saturated rings. The summed E-state index contributed by atoms with van der Waals surface area (Å²) in [6, 6.07) is 3.84. The van der Waals surface area contributed by atoms with Crippen LogP contribution in [0.2, 0.25) is 0 Å². The molecule has 20 heavy (non-hydrogen) atoms. The van der Waals surface area contributed by atoms with Crippen molar-refractivity contribution in [2.75, 3.05) is 0 Å². The second-order valence-corrected chi connectivity index (χ2v) is 7.65. The van der Waals surface area contributed by atoms with Gasteiger partial charge in [0.1, 0.15) is 0 Å². The molecule has 3 unspecified atom stereocenters. The Kier molecular flexibility index (Phi) is 3.64. The lowest BCUT2D eigenvalue weighted by atomic mass is 9.96. The molecule has 3 atom stereocenters. The van der Waals surface area contributed by atoms with Crippen molar-refractivity contribution in [3.63, 3.8) is 0 Å². The van der Waals surface area contributed by atoms with Crippen molar-refractivity contribution in [1.82, 2.24) is 10.1 Å². The van der Waals surface area contributed by atoms with E-state index in [1.165, 1.54) is 11.3 Å². The van der Waals surface area contributed by atoms with E-state index < -0.39 is 11.9 Å². The maximum Gasteiger partial charge on any atom is 0.307 e. The Morgan fingerprint density at radius 1 is 1.50 bits per heavy atom. The van der Waals surface area contributed by atoms with Gasteiger partial charge in [-0.25, -0.2) is 0 Å². The van der Waals surface area contributed by atoms with Gasteiger partial charge >= 0.3 is 5.97 Å². The normalized spacial score (nSPS) is 26.0. The summed E-state index contributed by atoms with van der Waals surface area (Å²) in [5.74, 6) is -0.0357. The van der Waals surface area contributed by atoms with Crippen LogP contribution in [-0.2, 0) is 4.79 Å². The minimum atomic E-state index is -0.780. The number of aliphatic carboxylic acids is 1. The molecule has 0 bridgehead atoms. The SMILES string of the molecule is CC1CC(C(=O)O)C(c2nc(-c3ccc(Br)s3)no2)C1. The number of nitrogens with zero attached hydrogens (tertiary/aromatic N) is 2. The van der Waals surface area contributed by atoms with Crippen molar-refractivity contribution < 1.29 is 14.4 Å². The second-order valence-electron chi connectivity index (χ2n) is 5.19. The van der Waals surface area contributed by atoms with E-state index in [0.717, 1.165) is 15.1 Å². The Balaban J connectivity index is 1.88. The van der Waals surface area contributed by atoms with Gasteiger partial charge in [-0.2, -0.15) is 4.98 Å². The molecule has 5 nitrogen and oxygen atoms in total. The molecule has 3 rings (SSSR count). The predicted molar refractivity (Wildman–Crippen MR) is 77.6 cm³/mol. The standard InChI is InChI=1S/C13H13BrN2O3S/c1-6-4-7(8(5-6)13(17)18)12-15-11(16-19-12)9-2-3-10(14)20-9/h2-3,6-8H,4-5H2,1H3,(H,17,18). The lowest BCUT2D eigenvalue weighted by Crippen LogP contribution is -2.17. The molecule has 2 aromatic rings. The van der Waals surface area contributed by atoms with Gasteiger partial charge in [0.15, 0.2) is 0 Å². The van der Waals surface area contributed by atoms with Gasteiger partial charge in [0.25, 0.3) is 0 Å². The Bertz CT molecular complexity index is 639. The van der Waals surface area contributed by atoms with Crippen molar-refractivity contribution in [2.24, 2.45) is 11.8 Å². The predicted octanol–water partition coefficient (Wildman–Crippen LogP) is 3.77. The zero-order valence-electron chi connectivity index (χ0n) is 10.7. The van der Waals surface area contributed by atoms with Crippen LogP contribution in [0.1, 0.15) is 31.6 Å². The molecule has 0 amide bonds. The molecule has 0 spiro atoms. The Morgan fingerprint density at radius 2 is 2.30 bits per heavy atom. The van der Waals surface area contributed by atoms with Crippen LogP contribution in [0, 0.1) is 11.8 Å². The number of aromatic nitrogens is 2. The minimum absolute atomic E-state index is 0.174. The fourth-order valence-corrected chi connectivity index (χ4v) is 4.07. The maximum atomic E-state index is 11.3. The third kappa shape index (κ3) is 2.52. The van der Waals surface area contributed by atoms with E-state index in [1.54, 1.807) is 0 Å². The molecule has 2 aromatic heterocycles. The van der Waals surface area contributed by atoms with Gasteiger partial charge < -0.3 is 9.63 Å². The van der Waals surface area contributed by atoms with Crippen LogP contribution in [0.5, 0.6) is 0 Å². The monoisotopic (exact) mass is 356 g/mol. The first-order valence-electron chi connectivity index (χ1n) is 6.36. The number of carboxylic acids is 1. The molecule has 2 heterocycles. The Hall–Kier alpha value is -1.21. The highest BCUT2D eigenvalue weighted by atomic mass is 79.9. The topological polar surface area (TPSA) is 76.2 Å². The molecule has 0 aromatic carbocycles. The number of hydrogen-bond donors (Lipinski definition) is 1. The number of carbonyl (C=O) groups is 1. The van der Waals surface area contributed by atoms with Crippen molar-refractivity contribution in [3.8, 4) is 10.7 Å². The summed E-state index contributed by atoms with van der Waals surface area (Å²) in [6.07, 6.45) is 1.45. The van der Waals surface area contributed by atoms with Crippen LogP contribution in [-0.4, -0.2) is 21.2 Å². The van der Waals surface area contributed by atoms with Crippen LogP contribution in [0.15, 0.2) is 20.4 Å². The van der Waals surface area contributed by atoms with Crippen molar-refractivity contribution >= 4 is 33.2 Å². The molecule has 7 heteroatoms. The fraction of sp³-hybridized carbons (Fsp3) is 0.462. The molecular formula is C13H13BrN2O3S. The number of thiophene rings is 1. The van der Waals surface area contributed by atoms with Gasteiger partial charge in [0, 0.05) is 0 Å². The van der Waals surface area contributed by atoms with Crippen molar-refractivity contribution in [3.05, 3.63) is 21.8 Å². The van der Waals surface area contributed by atoms with Crippen LogP contribution >= 0.6 is 27.3 Å². The van der Waals surface area contributed by atoms with E-state index in [9.17, 15) is 9.90 Å². The molecule has 0 aliphatic heterocycles. The lowest BCUT2D eigenvalue weighted by molar-refractivity contribution is -0.142. The number of halogens is 1. The number of carboxylic acid groups (broad SMARTS) is 1. The zero-order chi connectivity index (χ0) is 14.3. The Labute approximate surface area is 128 Å². The second kappa shape index (κ2) is 5.29. The minimum Gasteiger partial charge on any atom is -0.481 e. The summed E-state index contributed by atoms with van der Waals surface area (Å²) in [5.41, 5.74) is 0. The summed E-state index contributed by atoms with van der Waals surface area (Å²) in [6.45, 7) is 2.06. The highest BCUT2D eigenvalue weighted by molar-refractivity contribution is 9.11. The first-order valence-corrected chi connectivity index (χ1v) is 7.97. The van der Waals surface area contributed by atoms with Crippen LogP contribution in [0.25, 0.3) is 10.7 Å². The van der Waals surface area contributed by atoms with E-state index in [-0.39, 0.29) is 5.92 Å². The largest absolute Gasteiger partial charge is 0.481 e. The number of hydrogen-bond acceptors (Lipinski definition) is 5. The van der Waals surface area contributed by atoms with Gasteiger partial charge in [0.2, 0.25) is 11.7 Å². The first-order chi connectivity index (χ1) is 9.54. The first kappa shape index (κ1) is 13.8. The quantitative estimate of drug-likeness (QED) is 0.905.